The fourth-order valence-electron chi connectivity index (χ4n) is 2.34. The predicted octanol–water partition coefficient (Wildman–Crippen LogP) is 1.92. The summed E-state index contributed by atoms with van der Waals surface area (Å²) in [7, 11) is 4.24. The average molecular weight is 360 g/mol. The Morgan fingerprint density at radius 2 is 1.85 bits per heavy atom. The molecule has 1 N–H and O–H groups in total. The molecule has 8 heteroatoms. The molecule has 0 spiro atoms. The molecule has 8 nitrogen and oxygen atoms in total. The number of anilines is 1. The molecule has 1 amide bonds. The average Bonchev–Trinajstić information content (AvgIpc) is 3.12. The number of likely N-dealkylation sites (N-methyl/N-ethyl adjacent to an activating group) is 1. The van der Waals surface area contributed by atoms with Crippen molar-refractivity contribution in [1.82, 2.24) is 4.90 Å². The lowest BCUT2D eigenvalue weighted by Crippen LogP contribution is -2.30. The molecule has 0 radical (unpaired) electrons. The summed E-state index contributed by atoms with van der Waals surface area (Å²) in [5, 5.41) is 2.64. The fourth-order valence-corrected chi connectivity index (χ4v) is 2.34. The molecular weight excluding hydrogens is 340 g/mol. The van der Waals surface area contributed by atoms with Gasteiger partial charge in [-0.2, -0.15) is 0 Å². The van der Waals surface area contributed by atoms with Gasteiger partial charge >= 0.3 is 11.9 Å². The number of carbonyl (C=O) groups excluding carboxylic acids is 3. The van der Waals surface area contributed by atoms with Crippen molar-refractivity contribution < 1.29 is 28.3 Å². The van der Waals surface area contributed by atoms with Gasteiger partial charge in [-0.15, -0.1) is 0 Å². The van der Waals surface area contributed by atoms with Crippen LogP contribution in [0.25, 0.3) is 0 Å². The number of ether oxygens (including phenoxy) is 2. The molecule has 26 heavy (non-hydrogen) atoms. The van der Waals surface area contributed by atoms with E-state index in [4.69, 9.17) is 9.15 Å². The Balaban J connectivity index is 2.13. The highest BCUT2D eigenvalue weighted by Gasteiger charge is 2.18. The number of furan rings is 1. The molecular formula is C18H20N2O6. The first-order valence-electron chi connectivity index (χ1n) is 7.76. The molecule has 1 aromatic heterocycles. The van der Waals surface area contributed by atoms with E-state index in [1.165, 1.54) is 32.4 Å². The number of nitrogens with one attached hydrogen (secondary N) is 1. The zero-order valence-electron chi connectivity index (χ0n) is 14.8. The van der Waals surface area contributed by atoms with Gasteiger partial charge in [0.25, 0.3) is 0 Å². The molecule has 0 aliphatic rings. The van der Waals surface area contributed by atoms with E-state index in [0.717, 1.165) is 5.76 Å². The van der Waals surface area contributed by atoms with Crippen molar-refractivity contribution in [2.45, 2.75) is 6.54 Å². The summed E-state index contributed by atoms with van der Waals surface area (Å²) in [6, 6.07) is 7.79. The van der Waals surface area contributed by atoms with E-state index >= 15 is 0 Å². The third kappa shape index (κ3) is 4.93. The van der Waals surface area contributed by atoms with Gasteiger partial charge in [0.2, 0.25) is 5.91 Å². The minimum Gasteiger partial charge on any atom is -0.468 e. The molecule has 2 rings (SSSR count). The summed E-state index contributed by atoms with van der Waals surface area (Å²) in [6.45, 7) is 0.510. The van der Waals surface area contributed by atoms with Gasteiger partial charge in [-0.1, -0.05) is 0 Å². The first-order valence-corrected chi connectivity index (χ1v) is 7.76. The summed E-state index contributed by atoms with van der Waals surface area (Å²) < 4.78 is 14.6. The topological polar surface area (TPSA) is 98.1 Å². The number of methoxy groups -OCH3 is 2. The quantitative estimate of drug-likeness (QED) is 0.753. The van der Waals surface area contributed by atoms with Crippen LogP contribution in [0.3, 0.4) is 0 Å². The van der Waals surface area contributed by atoms with E-state index < -0.39 is 11.9 Å². The van der Waals surface area contributed by atoms with Crippen LogP contribution in [0.15, 0.2) is 41.0 Å². The van der Waals surface area contributed by atoms with Gasteiger partial charge in [0.1, 0.15) is 5.76 Å². The smallest absolute Gasteiger partial charge is 0.339 e. The van der Waals surface area contributed by atoms with E-state index in [2.05, 4.69) is 10.1 Å². The monoisotopic (exact) mass is 360 g/mol. The fraction of sp³-hybridized carbons (Fsp3) is 0.278. The Morgan fingerprint density at radius 3 is 2.46 bits per heavy atom. The third-order valence-electron chi connectivity index (χ3n) is 3.54. The van der Waals surface area contributed by atoms with E-state index in [-0.39, 0.29) is 29.3 Å². The first kappa shape index (κ1) is 19.2. The van der Waals surface area contributed by atoms with Gasteiger partial charge in [0.15, 0.2) is 0 Å². The largest absolute Gasteiger partial charge is 0.468 e. The summed E-state index contributed by atoms with van der Waals surface area (Å²) in [5.74, 6) is -0.832. The van der Waals surface area contributed by atoms with E-state index in [9.17, 15) is 14.4 Å². The van der Waals surface area contributed by atoms with Crippen molar-refractivity contribution in [1.29, 1.82) is 0 Å². The Labute approximate surface area is 150 Å². The van der Waals surface area contributed by atoms with Crippen LogP contribution >= 0.6 is 0 Å². The van der Waals surface area contributed by atoms with Gasteiger partial charge in [-0.25, -0.2) is 9.59 Å². The van der Waals surface area contributed by atoms with Gasteiger partial charge in [-0.3, -0.25) is 9.69 Å². The van der Waals surface area contributed by atoms with Crippen LogP contribution in [0.5, 0.6) is 0 Å². The van der Waals surface area contributed by atoms with Crippen LogP contribution in [0.4, 0.5) is 5.69 Å². The van der Waals surface area contributed by atoms with Crippen LogP contribution in [0, 0.1) is 0 Å². The number of esters is 2. The second-order valence-electron chi connectivity index (χ2n) is 5.54. The molecule has 1 aromatic carbocycles. The Hall–Kier alpha value is -3.13. The number of rotatable bonds is 7. The van der Waals surface area contributed by atoms with E-state index in [0.29, 0.717) is 6.54 Å². The Morgan fingerprint density at radius 1 is 1.12 bits per heavy atom. The number of nitrogens with zero attached hydrogens (tertiary/aromatic N) is 1. The third-order valence-corrected chi connectivity index (χ3v) is 3.54. The number of amides is 1. The second kappa shape index (κ2) is 8.82. The van der Waals surface area contributed by atoms with Crippen LogP contribution < -0.4 is 5.32 Å². The Bertz CT molecular complexity index is 785. The first-order chi connectivity index (χ1) is 12.4. The highest BCUT2D eigenvalue weighted by Crippen LogP contribution is 2.20. The molecule has 0 aliphatic heterocycles. The van der Waals surface area contributed by atoms with Crippen molar-refractivity contribution in [3.63, 3.8) is 0 Å². The van der Waals surface area contributed by atoms with E-state index in [1.54, 1.807) is 24.3 Å². The van der Waals surface area contributed by atoms with Crippen molar-refractivity contribution in [3.05, 3.63) is 53.5 Å². The van der Waals surface area contributed by atoms with Crippen molar-refractivity contribution in [2.75, 3.05) is 33.1 Å². The maximum Gasteiger partial charge on any atom is 0.339 e. The minimum atomic E-state index is -0.624. The molecule has 0 aliphatic carbocycles. The molecule has 0 fully saturated rings. The summed E-state index contributed by atoms with van der Waals surface area (Å²) in [6.07, 6.45) is 1.56. The zero-order chi connectivity index (χ0) is 19.1. The van der Waals surface area contributed by atoms with Gasteiger partial charge in [0, 0.05) is 0 Å². The van der Waals surface area contributed by atoms with Gasteiger partial charge < -0.3 is 19.2 Å². The van der Waals surface area contributed by atoms with Crippen molar-refractivity contribution >= 4 is 23.5 Å². The molecule has 0 bridgehead atoms. The van der Waals surface area contributed by atoms with E-state index in [1.807, 2.05) is 6.07 Å². The van der Waals surface area contributed by atoms with Gasteiger partial charge in [-0.05, 0) is 37.4 Å². The van der Waals surface area contributed by atoms with Crippen LogP contribution in [0.1, 0.15) is 26.5 Å². The maximum absolute atomic E-state index is 12.3. The normalized spacial score (nSPS) is 10.5. The predicted molar refractivity (Wildman–Crippen MR) is 92.8 cm³/mol. The SMILES string of the molecule is COC(=O)c1ccc(C(=O)OC)c(NC(=O)CN(C)Cc2ccco2)c1. The molecule has 0 unspecified atom stereocenters. The van der Waals surface area contributed by atoms with Gasteiger partial charge in [0.05, 0.1) is 50.4 Å². The number of hydrogen-bond donors (Lipinski definition) is 1. The highest BCUT2D eigenvalue weighted by molar-refractivity contribution is 6.03. The molecule has 2 aromatic rings. The summed E-state index contributed by atoms with van der Waals surface area (Å²) >= 11 is 0. The Kier molecular flexibility index (Phi) is 6.51. The van der Waals surface area contributed by atoms with Crippen LogP contribution in [0.2, 0.25) is 0 Å². The zero-order valence-corrected chi connectivity index (χ0v) is 14.8. The number of carbonyl (C=O) groups is 3. The molecule has 1 heterocycles. The lowest BCUT2D eigenvalue weighted by Gasteiger charge is -2.16. The highest BCUT2D eigenvalue weighted by atomic mass is 16.5. The molecule has 0 atom stereocenters. The summed E-state index contributed by atoms with van der Waals surface area (Å²) in [4.78, 5) is 37.6. The van der Waals surface area contributed by atoms with Crippen molar-refractivity contribution in [2.24, 2.45) is 0 Å². The molecule has 138 valence electrons. The molecule has 0 saturated heterocycles. The standard InChI is InChI=1S/C18H20N2O6/c1-20(10-13-5-4-8-26-13)11-16(21)19-15-9-12(17(22)24-2)6-7-14(15)18(23)25-3/h4-9H,10-11H2,1-3H3,(H,19,21). The lowest BCUT2D eigenvalue weighted by atomic mass is 10.1. The van der Waals surface area contributed by atoms with Crippen LogP contribution in [-0.4, -0.2) is 50.6 Å². The maximum atomic E-state index is 12.3. The van der Waals surface area contributed by atoms with Crippen LogP contribution in [-0.2, 0) is 20.8 Å². The number of benzene rings is 1. The minimum absolute atomic E-state index is 0.0593. The second-order valence-corrected chi connectivity index (χ2v) is 5.54. The van der Waals surface area contributed by atoms with Crippen molar-refractivity contribution in [3.8, 4) is 0 Å². The molecule has 0 saturated carbocycles. The number of hydrogen-bond acceptors (Lipinski definition) is 7. The summed E-state index contributed by atoms with van der Waals surface area (Å²) in [5.41, 5.74) is 0.526. The lowest BCUT2D eigenvalue weighted by molar-refractivity contribution is -0.117.